The number of hydrogen-bond acceptors (Lipinski definition) is 7. The summed E-state index contributed by atoms with van der Waals surface area (Å²) < 4.78 is 22.8. The van der Waals surface area contributed by atoms with Gasteiger partial charge < -0.3 is 29.2 Å². The van der Waals surface area contributed by atoms with Crippen LogP contribution in [-0.2, 0) is 9.47 Å². The van der Waals surface area contributed by atoms with Crippen LogP contribution >= 0.6 is 0 Å². The number of nitrogens with zero attached hydrogens (tertiary/aromatic N) is 2. The summed E-state index contributed by atoms with van der Waals surface area (Å²) in [5, 5.41) is 4.27. The van der Waals surface area contributed by atoms with Gasteiger partial charge in [0, 0.05) is 37.2 Å². The molecular formula is C29H43N3O5. The molecule has 1 amide bonds. The first-order valence-electron chi connectivity index (χ1n) is 13.9. The second kappa shape index (κ2) is 13.9. The highest BCUT2D eigenvalue weighted by Gasteiger charge is 2.30. The van der Waals surface area contributed by atoms with Gasteiger partial charge in [0.1, 0.15) is 36.1 Å². The minimum atomic E-state index is -0.0758. The molecule has 2 aliphatic rings. The number of piperidine rings is 1. The van der Waals surface area contributed by atoms with Gasteiger partial charge >= 0.3 is 0 Å². The maximum atomic E-state index is 13.9. The summed E-state index contributed by atoms with van der Waals surface area (Å²) in [6.45, 7) is 7.53. The van der Waals surface area contributed by atoms with E-state index in [-0.39, 0.29) is 24.8 Å². The van der Waals surface area contributed by atoms with Gasteiger partial charge in [0.25, 0.3) is 5.91 Å². The maximum Gasteiger partial charge on any atom is 0.273 e. The van der Waals surface area contributed by atoms with Crippen molar-refractivity contribution < 1.29 is 23.7 Å². The van der Waals surface area contributed by atoms with Crippen molar-refractivity contribution in [2.24, 2.45) is 5.92 Å². The number of fused-ring (bicyclic) bond motifs is 1. The fourth-order valence-corrected chi connectivity index (χ4v) is 5.48. The van der Waals surface area contributed by atoms with Crippen molar-refractivity contribution in [1.82, 2.24) is 15.2 Å². The number of methoxy groups -OCH3 is 1. The van der Waals surface area contributed by atoms with Crippen LogP contribution < -0.4 is 14.8 Å². The van der Waals surface area contributed by atoms with Gasteiger partial charge in [-0.1, -0.05) is 25.3 Å². The Kier molecular flexibility index (Phi) is 10.4. The molecule has 0 spiro atoms. The van der Waals surface area contributed by atoms with Crippen molar-refractivity contribution in [3.63, 3.8) is 0 Å². The lowest BCUT2D eigenvalue weighted by Gasteiger charge is -2.37. The number of carbonyl (C=O) groups is 1. The van der Waals surface area contributed by atoms with Crippen LogP contribution in [0.15, 0.2) is 24.3 Å². The van der Waals surface area contributed by atoms with E-state index < -0.39 is 0 Å². The standard InChI is InChI=1S/C29H43N3O5/c1-21(2)32(23-11-8-14-30-18-23)29(33)25-17-27(36-16-15-35-20-34-3)24-12-7-13-26(28(24)31-25)37-19-22-9-5-4-6-10-22/h7,12-13,17,21-23,30H,4-6,8-11,14-16,18-20H2,1-3H3/t23-/m1/s1. The molecule has 1 aromatic heterocycles. The molecule has 2 heterocycles. The second-order valence-electron chi connectivity index (χ2n) is 10.4. The van der Waals surface area contributed by atoms with Crippen LogP contribution in [-0.4, -0.2) is 74.7 Å². The highest BCUT2D eigenvalue weighted by Crippen LogP contribution is 2.34. The second-order valence-corrected chi connectivity index (χ2v) is 10.4. The number of aromatic nitrogens is 1. The molecule has 8 nitrogen and oxygen atoms in total. The predicted octanol–water partition coefficient (Wildman–Crippen LogP) is 4.80. The number of hydrogen-bond donors (Lipinski definition) is 1. The average Bonchev–Trinajstić information content (AvgIpc) is 2.92. The molecule has 0 unspecified atom stereocenters. The Morgan fingerprint density at radius 2 is 1.92 bits per heavy atom. The van der Waals surface area contributed by atoms with Crippen molar-refractivity contribution >= 4 is 16.8 Å². The zero-order chi connectivity index (χ0) is 26.0. The lowest BCUT2D eigenvalue weighted by molar-refractivity contribution is -0.0386. The Bertz CT molecular complexity index is 1000. The fraction of sp³-hybridized carbons (Fsp3) is 0.655. The number of para-hydroxylation sites is 1. The maximum absolute atomic E-state index is 13.9. The molecule has 4 rings (SSSR count). The predicted molar refractivity (Wildman–Crippen MR) is 144 cm³/mol. The highest BCUT2D eigenvalue weighted by atomic mass is 16.7. The van der Waals surface area contributed by atoms with E-state index in [2.05, 4.69) is 19.2 Å². The third-order valence-electron chi connectivity index (χ3n) is 7.32. The summed E-state index contributed by atoms with van der Waals surface area (Å²) >= 11 is 0. The van der Waals surface area contributed by atoms with Crippen LogP contribution in [0.1, 0.15) is 69.3 Å². The lowest BCUT2D eigenvalue weighted by Crippen LogP contribution is -2.51. The largest absolute Gasteiger partial charge is 0.491 e. The third kappa shape index (κ3) is 7.33. The summed E-state index contributed by atoms with van der Waals surface area (Å²) in [5.41, 5.74) is 1.05. The van der Waals surface area contributed by atoms with E-state index in [1.807, 2.05) is 23.1 Å². The Morgan fingerprint density at radius 1 is 1.08 bits per heavy atom. The van der Waals surface area contributed by atoms with Gasteiger partial charge in [-0.3, -0.25) is 4.79 Å². The SMILES string of the molecule is COCOCCOc1cc(C(=O)N(C(C)C)[C@@H]2CCCNC2)nc2c(OCC3CCCCC3)cccc12. The molecule has 1 N–H and O–H groups in total. The first kappa shape index (κ1) is 27.6. The van der Waals surface area contributed by atoms with Crippen LogP contribution in [0.25, 0.3) is 10.9 Å². The van der Waals surface area contributed by atoms with E-state index >= 15 is 0 Å². The first-order valence-corrected chi connectivity index (χ1v) is 13.9. The molecule has 0 radical (unpaired) electrons. The minimum absolute atomic E-state index is 0.0551. The van der Waals surface area contributed by atoms with E-state index in [1.54, 1.807) is 13.2 Å². The van der Waals surface area contributed by atoms with Crippen molar-refractivity contribution in [2.75, 3.05) is 46.8 Å². The smallest absolute Gasteiger partial charge is 0.273 e. The van der Waals surface area contributed by atoms with E-state index in [4.69, 9.17) is 23.9 Å². The Labute approximate surface area is 221 Å². The molecule has 204 valence electrons. The van der Waals surface area contributed by atoms with E-state index in [0.29, 0.717) is 48.4 Å². The molecule has 8 heteroatoms. The molecule has 2 aromatic rings. The molecule has 1 aliphatic heterocycles. The number of ether oxygens (including phenoxy) is 4. The monoisotopic (exact) mass is 513 g/mol. The normalized spacial score (nSPS) is 18.8. The van der Waals surface area contributed by atoms with Crippen LogP contribution in [0.3, 0.4) is 0 Å². The average molecular weight is 514 g/mol. The number of benzene rings is 1. The van der Waals surface area contributed by atoms with Gasteiger partial charge in [-0.2, -0.15) is 0 Å². The number of nitrogens with one attached hydrogen (secondary N) is 1. The Balaban J connectivity index is 1.64. The first-order chi connectivity index (χ1) is 18.1. The zero-order valence-corrected chi connectivity index (χ0v) is 22.7. The van der Waals surface area contributed by atoms with E-state index in [0.717, 1.165) is 31.3 Å². The molecule has 1 aromatic carbocycles. The van der Waals surface area contributed by atoms with E-state index in [9.17, 15) is 4.79 Å². The van der Waals surface area contributed by atoms with Gasteiger partial charge in [-0.25, -0.2) is 4.98 Å². The molecule has 1 atom stereocenters. The minimum Gasteiger partial charge on any atom is -0.491 e. The topological polar surface area (TPSA) is 82.2 Å². The number of amides is 1. The number of rotatable bonds is 12. The molecule has 37 heavy (non-hydrogen) atoms. The van der Waals surface area contributed by atoms with Crippen LogP contribution in [0.4, 0.5) is 0 Å². The molecule has 1 saturated carbocycles. The van der Waals surface area contributed by atoms with Gasteiger partial charge in [0.2, 0.25) is 0 Å². The van der Waals surface area contributed by atoms with Crippen molar-refractivity contribution in [1.29, 1.82) is 0 Å². The van der Waals surface area contributed by atoms with Crippen molar-refractivity contribution in [3.8, 4) is 11.5 Å². The quantitative estimate of drug-likeness (QED) is 0.323. The molecule has 1 saturated heterocycles. The highest BCUT2D eigenvalue weighted by molar-refractivity contribution is 5.98. The summed E-state index contributed by atoms with van der Waals surface area (Å²) in [7, 11) is 1.59. The number of carbonyl (C=O) groups excluding carboxylic acids is 1. The molecular weight excluding hydrogens is 470 g/mol. The van der Waals surface area contributed by atoms with Gasteiger partial charge in [-0.15, -0.1) is 0 Å². The van der Waals surface area contributed by atoms with Crippen LogP contribution in [0.2, 0.25) is 0 Å². The van der Waals surface area contributed by atoms with Crippen LogP contribution in [0.5, 0.6) is 11.5 Å². The number of pyridine rings is 1. The van der Waals surface area contributed by atoms with Crippen molar-refractivity contribution in [3.05, 3.63) is 30.0 Å². The van der Waals surface area contributed by atoms with Crippen LogP contribution in [0, 0.1) is 5.92 Å². The molecule has 2 fully saturated rings. The summed E-state index contributed by atoms with van der Waals surface area (Å²) in [4.78, 5) is 20.8. The lowest BCUT2D eigenvalue weighted by atomic mass is 9.90. The summed E-state index contributed by atoms with van der Waals surface area (Å²) in [6.07, 6.45) is 8.31. The van der Waals surface area contributed by atoms with Gasteiger partial charge in [-0.05, 0) is 64.1 Å². The third-order valence-corrected chi connectivity index (χ3v) is 7.32. The zero-order valence-electron chi connectivity index (χ0n) is 22.7. The van der Waals surface area contributed by atoms with Gasteiger partial charge in [0.05, 0.1) is 13.2 Å². The molecule has 0 bridgehead atoms. The summed E-state index contributed by atoms with van der Waals surface area (Å²) in [5.74, 6) is 1.81. The summed E-state index contributed by atoms with van der Waals surface area (Å²) in [6, 6.07) is 7.86. The van der Waals surface area contributed by atoms with Crippen molar-refractivity contribution in [2.45, 2.75) is 70.9 Å². The Hall–Kier alpha value is -2.42. The Morgan fingerprint density at radius 3 is 2.65 bits per heavy atom. The van der Waals surface area contributed by atoms with Gasteiger partial charge in [0.15, 0.2) is 0 Å². The fourth-order valence-electron chi connectivity index (χ4n) is 5.48. The molecule has 1 aliphatic carbocycles. The van der Waals surface area contributed by atoms with E-state index in [1.165, 1.54) is 32.1 Å².